The van der Waals surface area contributed by atoms with Crippen molar-refractivity contribution in [3.63, 3.8) is 0 Å². The van der Waals surface area contributed by atoms with Gasteiger partial charge >= 0.3 is 0 Å². The molecule has 0 radical (unpaired) electrons. The highest BCUT2D eigenvalue weighted by Gasteiger charge is 2.63. The van der Waals surface area contributed by atoms with Crippen molar-refractivity contribution >= 4 is 17.4 Å². The summed E-state index contributed by atoms with van der Waals surface area (Å²) in [6, 6.07) is 15.4. The number of aryl methyl sites for hydroxylation is 1. The van der Waals surface area contributed by atoms with Crippen molar-refractivity contribution in [1.82, 2.24) is 0 Å². The molecule has 1 aliphatic carbocycles. The van der Waals surface area contributed by atoms with Gasteiger partial charge in [-0.25, -0.2) is 0 Å². The third kappa shape index (κ3) is 1.65. The predicted molar refractivity (Wildman–Crippen MR) is 77.1 cm³/mol. The molecule has 0 bridgehead atoms. The molecule has 1 aliphatic heterocycles. The lowest BCUT2D eigenvalue weighted by atomic mass is 9.79. The summed E-state index contributed by atoms with van der Waals surface area (Å²) in [4.78, 5) is 12.7. The van der Waals surface area contributed by atoms with Crippen LogP contribution in [0.25, 0.3) is 0 Å². The van der Waals surface area contributed by atoms with E-state index in [9.17, 15) is 4.79 Å². The Balaban J connectivity index is 1.71. The van der Waals surface area contributed by atoms with Crippen LogP contribution in [-0.2, 0) is 11.2 Å². The van der Waals surface area contributed by atoms with Crippen LogP contribution in [0.5, 0.6) is 0 Å². The van der Waals surface area contributed by atoms with Crippen molar-refractivity contribution < 1.29 is 9.53 Å². The Hall–Kier alpha value is -1.64. The number of hydrogen-bond acceptors (Lipinski definition) is 2. The van der Waals surface area contributed by atoms with Crippen LogP contribution in [0, 0.1) is 0 Å². The first-order chi connectivity index (χ1) is 9.71. The molecule has 0 aromatic heterocycles. The van der Waals surface area contributed by atoms with Gasteiger partial charge < -0.3 is 4.74 Å². The van der Waals surface area contributed by atoms with Gasteiger partial charge in [0, 0.05) is 10.6 Å². The number of carbonyl (C=O) groups excluding carboxylic acids is 1. The van der Waals surface area contributed by atoms with Gasteiger partial charge in [-0.15, -0.1) is 0 Å². The van der Waals surface area contributed by atoms with E-state index in [1.165, 1.54) is 0 Å². The van der Waals surface area contributed by atoms with Crippen LogP contribution >= 0.6 is 11.6 Å². The Kier molecular flexibility index (Phi) is 2.53. The molecule has 1 spiro atoms. The lowest BCUT2D eigenvalue weighted by Gasteiger charge is -2.20. The number of epoxide rings is 1. The number of benzene rings is 2. The SMILES string of the molecule is O=C1c2ccccc2CCC12OC2c1cccc(Cl)c1. The summed E-state index contributed by atoms with van der Waals surface area (Å²) in [5.74, 6) is 0.115. The Morgan fingerprint density at radius 3 is 2.85 bits per heavy atom. The zero-order valence-corrected chi connectivity index (χ0v) is 11.6. The van der Waals surface area contributed by atoms with E-state index in [-0.39, 0.29) is 11.9 Å². The molecule has 2 aromatic rings. The van der Waals surface area contributed by atoms with E-state index in [2.05, 4.69) is 0 Å². The van der Waals surface area contributed by atoms with Gasteiger partial charge in [0.25, 0.3) is 0 Å². The first kappa shape index (κ1) is 12.1. The van der Waals surface area contributed by atoms with Gasteiger partial charge in [0.2, 0.25) is 0 Å². The standard InChI is InChI=1S/C17H13ClO2/c18-13-6-3-5-12(10-13)16-17(20-16)9-8-11-4-1-2-7-14(11)15(17)19/h1-7,10,16H,8-9H2. The summed E-state index contributed by atoms with van der Waals surface area (Å²) >= 11 is 6.02. The zero-order chi connectivity index (χ0) is 13.7. The summed E-state index contributed by atoms with van der Waals surface area (Å²) in [6.07, 6.45) is 1.49. The van der Waals surface area contributed by atoms with Crippen molar-refractivity contribution in [3.05, 3.63) is 70.2 Å². The molecule has 2 aliphatic rings. The largest absolute Gasteiger partial charge is 0.352 e. The smallest absolute Gasteiger partial charge is 0.198 e. The van der Waals surface area contributed by atoms with Crippen molar-refractivity contribution in [2.75, 3.05) is 0 Å². The van der Waals surface area contributed by atoms with Crippen LogP contribution in [0.4, 0.5) is 0 Å². The molecular formula is C17H13ClO2. The highest BCUT2D eigenvalue weighted by atomic mass is 35.5. The van der Waals surface area contributed by atoms with E-state index in [0.717, 1.165) is 29.5 Å². The minimum absolute atomic E-state index is 0.115. The van der Waals surface area contributed by atoms with Gasteiger partial charge in [0.15, 0.2) is 11.4 Å². The number of fused-ring (bicyclic) bond motifs is 1. The molecule has 2 aromatic carbocycles. The summed E-state index contributed by atoms with van der Waals surface area (Å²) in [7, 11) is 0. The fourth-order valence-electron chi connectivity index (χ4n) is 3.17. The number of halogens is 1. The van der Waals surface area contributed by atoms with E-state index >= 15 is 0 Å². The quantitative estimate of drug-likeness (QED) is 0.741. The maximum atomic E-state index is 12.7. The average molecular weight is 285 g/mol. The Morgan fingerprint density at radius 2 is 2.00 bits per heavy atom. The fourth-order valence-corrected chi connectivity index (χ4v) is 3.37. The third-order valence-corrected chi connectivity index (χ3v) is 4.49. The summed E-state index contributed by atoms with van der Waals surface area (Å²) in [6.45, 7) is 0. The minimum Gasteiger partial charge on any atom is -0.352 e. The first-order valence-corrected chi connectivity index (χ1v) is 7.14. The monoisotopic (exact) mass is 284 g/mol. The lowest BCUT2D eigenvalue weighted by Crippen LogP contribution is -2.31. The molecule has 100 valence electrons. The van der Waals surface area contributed by atoms with Crippen molar-refractivity contribution in [2.24, 2.45) is 0 Å². The van der Waals surface area contributed by atoms with Crippen LogP contribution in [0.1, 0.15) is 34.0 Å². The molecule has 1 saturated heterocycles. The highest BCUT2D eigenvalue weighted by Crippen LogP contribution is 2.56. The number of Topliss-reactive ketones (excluding diaryl/α,β-unsaturated/α-hetero) is 1. The van der Waals surface area contributed by atoms with Gasteiger partial charge in [-0.1, -0.05) is 48.0 Å². The maximum Gasteiger partial charge on any atom is 0.198 e. The van der Waals surface area contributed by atoms with E-state index in [4.69, 9.17) is 16.3 Å². The maximum absolute atomic E-state index is 12.7. The Labute approximate surface area is 122 Å². The number of hydrogen-bond donors (Lipinski definition) is 0. The molecule has 1 fully saturated rings. The van der Waals surface area contributed by atoms with Crippen molar-refractivity contribution in [2.45, 2.75) is 24.5 Å². The predicted octanol–water partition coefficient (Wildman–Crippen LogP) is 3.98. The van der Waals surface area contributed by atoms with E-state index in [1.807, 2.05) is 48.5 Å². The molecule has 0 N–H and O–H groups in total. The second-order valence-corrected chi connectivity index (χ2v) is 5.87. The number of ether oxygens (including phenoxy) is 1. The molecular weight excluding hydrogens is 272 g/mol. The normalized spacial score (nSPS) is 27.4. The first-order valence-electron chi connectivity index (χ1n) is 6.77. The van der Waals surface area contributed by atoms with Crippen LogP contribution in [0.3, 0.4) is 0 Å². The number of rotatable bonds is 1. The van der Waals surface area contributed by atoms with E-state index < -0.39 is 5.60 Å². The van der Waals surface area contributed by atoms with Crippen LogP contribution in [0.2, 0.25) is 5.02 Å². The molecule has 4 rings (SSSR count). The van der Waals surface area contributed by atoms with Crippen LogP contribution in [-0.4, -0.2) is 11.4 Å². The fraction of sp³-hybridized carbons (Fsp3) is 0.235. The Bertz CT molecular complexity index is 710. The second kappa shape index (κ2) is 4.18. The van der Waals surface area contributed by atoms with E-state index in [1.54, 1.807) is 0 Å². The summed E-state index contributed by atoms with van der Waals surface area (Å²) < 4.78 is 5.85. The molecule has 2 nitrogen and oxygen atoms in total. The molecule has 2 atom stereocenters. The third-order valence-electron chi connectivity index (χ3n) is 4.26. The minimum atomic E-state index is -0.654. The van der Waals surface area contributed by atoms with Crippen molar-refractivity contribution in [1.29, 1.82) is 0 Å². The molecule has 20 heavy (non-hydrogen) atoms. The summed E-state index contributed by atoms with van der Waals surface area (Å²) in [5.41, 5.74) is 2.27. The van der Waals surface area contributed by atoms with Crippen LogP contribution in [0.15, 0.2) is 48.5 Å². The number of ketones is 1. The molecule has 2 unspecified atom stereocenters. The molecule has 1 heterocycles. The highest BCUT2D eigenvalue weighted by molar-refractivity contribution is 6.30. The van der Waals surface area contributed by atoms with Crippen LogP contribution < -0.4 is 0 Å². The van der Waals surface area contributed by atoms with Gasteiger partial charge in [-0.3, -0.25) is 4.79 Å². The van der Waals surface area contributed by atoms with Gasteiger partial charge in [-0.2, -0.15) is 0 Å². The molecule has 3 heteroatoms. The van der Waals surface area contributed by atoms with Gasteiger partial charge in [0.1, 0.15) is 6.10 Å². The average Bonchev–Trinajstić information content (AvgIpc) is 3.19. The van der Waals surface area contributed by atoms with E-state index in [0.29, 0.717) is 5.02 Å². The second-order valence-electron chi connectivity index (χ2n) is 5.43. The molecule has 0 amide bonds. The molecule has 0 saturated carbocycles. The summed E-state index contributed by atoms with van der Waals surface area (Å²) in [5, 5.41) is 0.678. The van der Waals surface area contributed by atoms with Crippen molar-refractivity contribution in [3.8, 4) is 0 Å². The lowest BCUT2D eigenvalue weighted by molar-refractivity contribution is 0.0850. The Morgan fingerprint density at radius 1 is 1.15 bits per heavy atom. The topological polar surface area (TPSA) is 29.6 Å². The number of carbonyl (C=O) groups is 1. The van der Waals surface area contributed by atoms with Gasteiger partial charge in [-0.05, 0) is 36.1 Å². The van der Waals surface area contributed by atoms with Gasteiger partial charge in [0.05, 0.1) is 0 Å². The zero-order valence-electron chi connectivity index (χ0n) is 10.8.